The van der Waals surface area contributed by atoms with Crippen LogP contribution in [-0.4, -0.2) is 49.8 Å². The van der Waals surface area contributed by atoms with E-state index in [2.05, 4.69) is 15.8 Å². The number of carbonyl (C=O) groups is 1. The van der Waals surface area contributed by atoms with Crippen LogP contribution in [0.1, 0.15) is 10.4 Å². The number of ether oxygens (including phenoxy) is 2. The molecule has 0 saturated carbocycles. The monoisotopic (exact) mass is 429 g/mol. The largest absolute Gasteiger partial charge is 0.486 e. The second kappa shape index (κ2) is 8.51. The molecular formula is C21H23N3O3S2. The maximum Gasteiger partial charge on any atom is 0.279 e. The summed E-state index contributed by atoms with van der Waals surface area (Å²) in [4.78, 5) is 20.0. The Labute approximate surface area is 177 Å². The van der Waals surface area contributed by atoms with Crippen LogP contribution in [0.4, 0.5) is 5.69 Å². The third-order valence-electron chi connectivity index (χ3n) is 4.69. The smallest absolute Gasteiger partial charge is 0.279 e. The van der Waals surface area contributed by atoms with Crippen molar-refractivity contribution in [3.8, 4) is 11.5 Å². The lowest BCUT2D eigenvalue weighted by Gasteiger charge is -2.18. The fourth-order valence-electron chi connectivity index (χ4n) is 3.14. The molecule has 0 fully saturated rings. The van der Waals surface area contributed by atoms with E-state index in [1.807, 2.05) is 55.4 Å². The summed E-state index contributed by atoms with van der Waals surface area (Å²) in [6.45, 7) is 1.87. The maximum atomic E-state index is 12.8. The van der Waals surface area contributed by atoms with Gasteiger partial charge in [-0.15, -0.1) is 0 Å². The van der Waals surface area contributed by atoms with Gasteiger partial charge in [-0.05, 0) is 30.5 Å². The van der Waals surface area contributed by atoms with Crippen LogP contribution in [0.2, 0.25) is 0 Å². The van der Waals surface area contributed by atoms with Gasteiger partial charge in [-0.25, -0.2) is 0 Å². The number of thioether (sulfide) groups is 1. The van der Waals surface area contributed by atoms with Gasteiger partial charge in [-0.3, -0.25) is 4.79 Å². The number of carbonyl (C=O) groups excluding carboxylic acids is 1. The molecule has 0 aliphatic carbocycles. The lowest BCUT2D eigenvalue weighted by atomic mass is 10.2. The van der Waals surface area contributed by atoms with E-state index in [0.717, 1.165) is 39.7 Å². The van der Waals surface area contributed by atoms with E-state index in [1.165, 1.54) is 11.3 Å². The predicted molar refractivity (Wildman–Crippen MR) is 120 cm³/mol. The van der Waals surface area contributed by atoms with E-state index < -0.39 is 0 Å². The van der Waals surface area contributed by atoms with Crippen molar-refractivity contribution in [1.29, 1.82) is 0 Å². The molecule has 1 aliphatic rings. The number of fused-ring (bicyclic) bond motifs is 2. The highest BCUT2D eigenvalue weighted by atomic mass is 32.2. The second-order valence-corrected chi connectivity index (χ2v) is 8.85. The number of anilines is 1. The minimum Gasteiger partial charge on any atom is -0.486 e. The van der Waals surface area contributed by atoms with Gasteiger partial charge in [-0.2, -0.15) is 16.8 Å². The Morgan fingerprint density at radius 2 is 1.86 bits per heavy atom. The Balaban J connectivity index is 1.77. The Morgan fingerprint density at radius 1 is 1.17 bits per heavy atom. The van der Waals surface area contributed by atoms with E-state index in [1.54, 1.807) is 11.8 Å². The summed E-state index contributed by atoms with van der Waals surface area (Å²) < 4.78 is 14.6. The first-order valence-corrected chi connectivity index (χ1v) is 11.6. The molecule has 0 spiro atoms. The van der Waals surface area contributed by atoms with Crippen molar-refractivity contribution in [2.24, 2.45) is 4.99 Å². The zero-order valence-corrected chi connectivity index (χ0v) is 18.3. The van der Waals surface area contributed by atoms with Gasteiger partial charge >= 0.3 is 0 Å². The van der Waals surface area contributed by atoms with Crippen LogP contribution in [0.15, 0.2) is 41.4 Å². The lowest BCUT2D eigenvalue weighted by molar-refractivity contribution is 0.0998. The predicted octanol–water partition coefficient (Wildman–Crippen LogP) is 3.64. The zero-order chi connectivity index (χ0) is 20.4. The highest BCUT2D eigenvalue weighted by Crippen LogP contribution is 2.35. The van der Waals surface area contributed by atoms with Crippen LogP contribution in [0.5, 0.6) is 11.5 Å². The molecule has 2 heterocycles. The molecule has 4 rings (SSSR count). The highest BCUT2D eigenvalue weighted by Gasteiger charge is 2.17. The quantitative estimate of drug-likeness (QED) is 0.620. The molecule has 0 radical (unpaired) electrons. The Bertz CT molecular complexity index is 1100. The van der Waals surface area contributed by atoms with E-state index >= 15 is 0 Å². The summed E-state index contributed by atoms with van der Waals surface area (Å²) in [5.41, 5.74) is 2.64. The van der Waals surface area contributed by atoms with Gasteiger partial charge in [0.25, 0.3) is 5.91 Å². The van der Waals surface area contributed by atoms with Crippen molar-refractivity contribution in [3.05, 3.63) is 46.8 Å². The third kappa shape index (κ3) is 4.13. The van der Waals surface area contributed by atoms with Crippen molar-refractivity contribution in [2.75, 3.05) is 44.2 Å². The molecule has 0 saturated heterocycles. The molecule has 0 N–H and O–H groups in total. The van der Waals surface area contributed by atoms with Crippen LogP contribution in [0.25, 0.3) is 10.2 Å². The number of hydrogen-bond donors (Lipinski definition) is 0. The van der Waals surface area contributed by atoms with Gasteiger partial charge in [0.15, 0.2) is 16.3 Å². The van der Waals surface area contributed by atoms with Gasteiger partial charge in [0, 0.05) is 49.8 Å². The van der Waals surface area contributed by atoms with Gasteiger partial charge in [0.2, 0.25) is 0 Å². The summed E-state index contributed by atoms with van der Waals surface area (Å²) in [5.74, 6) is 2.19. The minimum absolute atomic E-state index is 0.239. The normalized spacial score (nSPS) is 13.7. The Hall–Kier alpha value is -2.45. The lowest BCUT2D eigenvalue weighted by Crippen LogP contribution is -2.19. The highest BCUT2D eigenvalue weighted by molar-refractivity contribution is 7.98. The molecule has 1 aliphatic heterocycles. The standard InChI is InChI=1S/C21H23N3O3S2/c1-23(2)15-6-4-14(5-7-15)20(25)22-21-24(8-11-28-3)16-12-17-18(13-19(16)29-21)27-10-9-26-17/h4-7,12-13H,8-11H2,1-3H3. The zero-order valence-electron chi connectivity index (χ0n) is 16.7. The summed E-state index contributed by atoms with van der Waals surface area (Å²) in [6.07, 6.45) is 2.07. The molecule has 8 heteroatoms. The second-order valence-electron chi connectivity index (χ2n) is 6.85. The van der Waals surface area contributed by atoms with Crippen molar-refractivity contribution in [3.63, 3.8) is 0 Å². The number of hydrogen-bond acceptors (Lipinski definition) is 6. The molecule has 1 aromatic heterocycles. The van der Waals surface area contributed by atoms with E-state index in [-0.39, 0.29) is 5.91 Å². The first kappa shape index (κ1) is 19.8. The number of aryl methyl sites for hydroxylation is 1. The molecule has 152 valence electrons. The molecular weight excluding hydrogens is 406 g/mol. The van der Waals surface area contributed by atoms with Gasteiger partial charge in [0.05, 0.1) is 10.2 Å². The van der Waals surface area contributed by atoms with E-state index in [9.17, 15) is 4.79 Å². The molecule has 1 amide bonds. The molecule has 2 aromatic carbocycles. The van der Waals surface area contributed by atoms with Crippen molar-refractivity contribution in [1.82, 2.24) is 4.57 Å². The first-order chi connectivity index (χ1) is 14.1. The fraction of sp³-hybridized carbons (Fsp3) is 0.333. The number of amides is 1. The van der Waals surface area contributed by atoms with Gasteiger partial charge in [0.1, 0.15) is 13.2 Å². The van der Waals surface area contributed by atoms with Crippen LogP contribution >= 0.6 is 23.1 Å². The summed E-state index contributed by atoms with van der Waals surface area (Å²) in [5, 5.41) is 0. The number of aromatic nitrogens is 1. The number of nitrogens with zero attached hydrogens (tertiary/aromatic N) is 3. The SMILES string of the molecule is CSCCn1c(=NC(=O)c2ccc(N(C)C)cc2)sc2cc3c(cc21)OCCO3. The van der Waals surface area contributed by atoms with Crippen LogP contribution in [0.3, 0.4) is 0 Å². The first-order valence-electron chi connectivity index (χ1n) is 9.35. The number of rotatable bonds is 5. The Kier molecular flexibility index (Phi) is 5.82. The summed E-state index contributed by atoms with van der Waals surface area (Å²) in [7, 11) is 3.94. The molecule has 3 aromatic rings. The maximum absolute atomic E-state index is 12.8. The van der Waals surface area contributed by atoms with E-state index in [0.29, 0.717) is 23.6 Å². The van der Waals surface area contributed by atoms with Crippen molar-refractivity contribution >= 4 is 44.9 Å². The number of benzene rings is 2. The summed E-state index contributed by atoms with van der Waals surface area (Å²) in [6, 6.07) is 11.5. The average molecular weight is 430 g/mol. The Morgan fingerprint density at radius 3 is 2.52 bits per heavy atom. The number of thiazole rings is 1. The fourth-order valence-corrected chi connectivity index (χ4v) is 4.57. The topological polar surface area (TPSA) is 56.1 Å². The molecule has 0 unspecified atom stereocenters. The van der Waals surface area contributed by atoms with Crippen molar-refractivity contribution in [2.45, 2.75) is 6.54 Å². The van der Waals surface area contributed by atoms with Gasteiger partial charge in [-0.1, -0.05) is 11.3 Å². The third-order valence-corrected chi connectivity index (χ3v) is 6.33. The average Bonchev–Trinajstić information content (AvgIpc) is 3.06. The molecule has 0 bridgehead atoms. The van der Waals surface area contributed by atoms with Crippen LogP contribution in [0, 0.1) is 0 Å². The van der Waals surface area contributed by atoms with E-state index in [4.69, 9.17) is 9.47 Å². The summed E-state index contributed by atoms with van der Waals surface area (Å²) >= 11 is 3.26. The van der Waals surface area contributed by atoms with Crippen LogP contribution in [-0.2, 0) is 6.54 Å². The molecule has 6 nitrogen and oxygen atoms in total. The molecule has 0 atom stereocenters. The van der Waals surface area contributed by atoms with Crippen LogP contribution < -0.4 is 19.2 Å². The minimum atomic E-state index is -0.239. The van der Waals surface area contributed by atoms with Gasteiger partial charge < -0.3 is 18.9 Å². The molecule has 29 heavy (non-hydrogen) atoms. The van der Waals surface area contributed by atoms with Crippen molar-refractivity contribution < 1.29 is 14.3 Å².